The Balaban J connectivity index is 1.99. The fourth-order valence-electron chi connectivity index (χ4n) is 1.91. The molecule has 2 rings (SSSR count). The van der Waals surface area contributed by atoms with Crippen LogP contribution in [0.25, 0.3) is 0 Å². The first-order chi connectivity index (χ1) is 9.19. The molecule has 19 heavy (non-hydrogen) atoms. The maximum Gasteiger partial charge on any atom is 0.211 e. The number of rotatable bonds is 6. The van der Waals surface area contributed by atoms with Gasteiger partial charge in [0, 0.05) is 12.2 Å². The van der Waals surface area contributed by atoms with E-state index in [1.54, 1.807) is 12.1 Å². The molecule has 0 N–H and O–H groups in total. The molecule has 2 heterocycles. The maximum absolute atomic E-state index is 12.0. The normalized spacial score (nSPS) is 10.9. The van der Waals surface area contributed by atoms with Crippen LogP contribution in [-0.4, -0.2) is 28.8 Å². The summed E-state index contributed by atoms with van der Waals surface area (Å²) in [5.74, 6) is 0.412. The highest BCUT2D eigenvalue weighted by molar-refractivity contribution is 5.94. The monoisotopic (exact) mass is 258 g/mol. The van der Waals surface area contributed by atoms with Gasteiger partial charge in [0.1, 0.15) is 0 Å². The summed E-state index contributed by atoms with van der Waals surface area (Å²) >= 11 is 0. The molecule has 0 amide bonds. The second kappa shape index (κ2) is 6.29. The number of nitrogens with zero attached hydrogens (tertiary/aromatic N) is 2. The maximum atomic E-state index is 12.0. The van der Waals surface area contributed by atoms with Crippen LogP contribution >= 0.6 is 0 Å². The van der Waals surface area contributed by atoms with Gasteiger partial charge in [-0.1, -0.05) is 13.0 Å². The first kappa shape index (κ1) is 13.5. The van der Waals surface area contributed by atoms with Gasteiger partial charge in [0.05, 0.1) is 18.5 Å². The Morgan fingerprint density at radius 3 is 2.79 bits per heavy atom. The standard InChI is InChI=1S/C15H18N2O2/c1-3-17(10-13-7-4-6-12(2)16-13)11-14(18)15-8-5-9-19-15/h4-9H,3,10-11H2,1-2H3. The van der Waals surface area contributed by atoms with E-state index >= 15 is 0 Å². The molecule has 0 aromatic carbocycles. The zero-order chi connectivity index (χ0) is 13.7. The van der Waals surface area contributed by atoms with Crippen molar-refractivity contribution in [3.63, 3.8) is 0 Å². The van der Waals surface area contributed by atoms with Crippen LogP contribution in [0.2, 0.25) is 0 Å². The molecule has 100 valence electrons. The van der Waals surface area contributed by atoms with Crippen molar-refractivity contribution in [1.29, 1.82) is 0 Å². The van der Waals surface area contributed by atoms with E-state index in [9.17, 15) is 4.79 Å². The largest absolute Gasteiger partial charge is 0.461 e. The number of ketones is 1. The summed E-state index contributed by atoms with van der Waals surface area (Å²) < 4.78 is 5.12. The average Bonchev–Trinajstić information content (AvgIpc) is 2.92. The molecule has 0 saturated heterocycles. The Morgan fingerprint density at radius 1 is 1.32 bits per heavy atom. The quantitative estimate of drug-likeness (QED) is 0.747. The number of furan rings is 1. The SMILES string of the molecule is CCN(CC(=O)c1ccco1)Cc1cccc(C)n1. The lowest BCUT2D eigenvalue weighted by molar-refractivity contribution is 0.0901. The van der Waals surface area contributed by atoms with Crippen molar-refractivity contribution in [2.75, 3.05) is 13.1 Å². The Kier molecular flexibility index (Phi) is 4.47. The Bertz CT molecular complexity index is 535. The summed E-state index contributed by atoms with van der Waals surface area (Å²) in [4.78, 5) is 18.5. The van der Waals surface area contributed by atoms with Crippen LogP contribution < -0.4 is 0 Å². The average molecular weight is 258 g/mol. The van der Waals surface area contributed by atoms with Crippen LogP contribution in [0.5, 0.6) is 0 Å². The molecule has 0 aliphatic rings. The van der Waals surface area contributed by atoms with E-state index in [4.69, 9.17) is 4.42 Å². The smallest absolute Gasteiger partial charge is 0.211 e. The van der Waals surface area contributed by atoms with E-state index in [0.29, 0.717) is 18.8 Å². The van der Waals surface area contributed by atoms with E-state index in [0.717, 1.165) is 17.9 Å². The minimum absolute atomic E-state index is 0.000460. The van der Waals surface area contributed by atoms with Gasteiger partial charge in [0.2, 0.25) is 5.78 Å². The van der Waals surface area contributed by atoms with Crippen LogP contribution in [-0.2, 0) is 6.54 Å². The van der Waals surface area contributed by atoms with E-state index in [1.807, 2.05) is 36.9 Å². The van der Waals surface area contributed by atoms with E-state index in [-0.39, 0.29) is 5.78 Å². The summed E-state index contributed by atoms with van der Waals surface area (Å²) in [6, 6.07) is 9.35. The molecule has 2 aromatic rings. The van der Waals surface area contributed by atoms with Gasteiger partial charge in [0.15, 0.2) is 5.76 Å². The lowest BCUT2D eigenvalue weighted by atomic mass is 10.2. The molecule has 0 unspecified atom stereocenters. The van der Waals surface area contributed by atoms with Crippen molar-refractivity contribution in [3.8, 4) is 0 Å². The molecule has 4 heteroatoms. The molecule has 4 nitrogen and oxygen atoms in total. The van der Waals surface area contributed by atoms with Gasteiger partial charge in [-0.2, -0.15) is 0 Å². The van der Waals surface area contributed by atoms with Gasteiger partial charge < -0.3 is 4.42 Å². The number of pyridine rings is 1. The van der Waals surface area contributed by atoms with Gasteiger partial charge in [0.25, 0.3) is 0 Å². The van der Waals surface area contributed by atoms with Gasteiger partial charge in [-0.25, -0.2) is 0 Å². The summed E-state index contributed by atoms with van der Waals surface area (Å²) in [5, 5.41) is 0. The number of Topliss-reactive ketones (excluding diaryl/α,β-unsaturated/α-hetero) is 1. The van der Waals surface area contributed by atoms with Crippen molar-refractivity contribution in [1.82, 2.24) is 9.88 Å². The fraction of sp³-hybridized carbons (Fsp3) is 0.333. The molecule has 0 aliphatic heterocycles. The number of likely N-dealkylation sites (N-methyl/N-ethyl adjacent to an activating group) is 1. The van der Waals surface area contributed by atoms with Gasteiger partial charge in [-0.05, 0) is 37.7 Å². The van der Waals surface area contributed by atoms with E-state index in [2.05, 4.69) is 4.98 Å². The molecule has 0 bridgehead atoms. The topological polar surface area (TPSA) is 46.3 Å². The van der Waals surface area contributed by atoms with Crippen molar-refractivity contribution < 1.29 is 9.21 Å². The Morgan fingerprint density at radius 2 is 2.16 bits per heavy atom. The third kappa shape index (κ3) is 3.76. The molecule has 0 spiro atoms. The first-order valence-corrected chi connectivity index (χ1v) is 6.40. The number of hydrogen-bond acceptors (Lipinski definition) is 4. The van der Waals surface area contributed by atoms with Gasteiger partial charge in [-0.15, -0.1) is 0 Å². The second-order valence-electron chi connectivity index (χ2n) is 4.47. The molecular weight excluding hydrogens is 240 g/mol. The van der Waals surface area contributed by atoms with E-state index in [1.165, 1.54) is 6.26 Å². The van der Waals surface area contributed by atoms with Crippen LogP contribution in [0, 0.1) is 6.92 Å². The van der Waals surface area contributed by atoms with Crippen LogP contribution in [0.3, 0.4) is 0 Å². The van der Waals surface area contributed by atoms with Gasteiger partial charge in [-0.3, -0.25) is 14.7 Å². The lowest BCUT2D eigenvalue weighted by Crippen LogP contribution is -2.29. The van der Waals surface area contributed by atoms with Crippen molar-refractivity contribution in [3.05, 3.63) is 53.7 Å². The van der Waals surface area contributed by atoms with Crippen molar-refractivity contribution >= 4 is 5.78 Å². The summed E-state index contributed by atoms with van der Waals surface area (Å²) in [6.45, 7) is 5.81. The first-order valence-electron chi connectivity index (χ1n) is 6.40. The summed E-state index contributed by atoms with van der Waals surface area (Å²) in [6.07, 6.45) is 1.52. The number of aryl methyl sites for hydroxylation is 1. The minimum atomic E-state index is -0.000460. The Labute approximate surface area is 113 Å². The highest BCUT2D eigenvalue weighted by Gasteiger charge is 2.14. The number of carbonyl (C=O) groups is 1. The van der Waals surface area contributed by atoms with Crippen LogP contribution in [0.4, 0.5) is 0 Å². The van der Waals surface area contributed by atoms with Gasteiger partial charge >= 0.3 is 0 Å². The number of aromatic nitrogens is 1. The molecular formula is C15H18N2O2. The minimum Gasteiger partial charge on any atom is -0.461 e. The number of hydrogen-bond donors (Lipinski definition) is 0. The summed E-state index contributed by atoms with van der Waals surface area (Å²) in [7, 11) is 0. The lowest BCUT2D eigenvalue weighted by Gasteiger charge is -2.18. The van der Waals surface area contributed by atoms with Crippen LogP contribution in [0.1, 0.15) is 28.9 Å². The van der Waals surface area contributed by atoms with Crippen LogP contribution in [0.15, 0.2) is 41.0 Å². The molecule has 0 fully saturated rings. The Hall–Kier alpha value is -1.94. The second-order valence-corrected chi connectivity index (χ2v) is 4.47. The third-order valence-corrected chi connectivity index (χ3v) is 2.94. The molecule has 0 radical (unpaired) electrons. The van der Waals surface area contributed by atoms with Crippen molar-refractivity contribution in [2.45, 2.75) is 20.4 Å². The zero-order valence-corrected chi connectivity index (χ0v) is 11.3. The molecule has 2 aromatic heterocycles. The zero-order valence-electron chi connectivity index (χ0n) is 11.3. The molecule has 0 aliphatic carbocycles. The number of carbonyl (C=O) groups excluding carboxylic acids is 1. The van der Waals surface area contributed by atoms with Crippen molar-refractivity contribution in [2.24, 2.45) is 0 Å². The fourth-order valence-corrected chi connectivity index (χ4v) is 1.91. The highest BCUT2D eigenvalue weighted by Crippen LogP contribution is 2.07. The predicted octanol–water partition coefficient (Wildman–Crippen LogP) is 2.69. The summed E-state index contributed by atoms with van der Waals surface area (Å²) in [5.41, 5.74) is 1.97. The highest BCUT2D eigenvalue weighted by atomic mass is 16.3. The molecule has 0 atom stereocenters. The van der Waals surface area contributed by atoms with E-state index < -0.39 is 0 Å². The molecule has 0 saturated carbocycles. The predicted molar refractivity (Wildman–Crippen MR) is 73.0 cm³/mol. The third-order valence-electron chi connectivity index (χ3n) is 2.94.